The van der Waals surface area contributed by atoms with Gasteiger partial charge in [-0.3, -0.25) is 9.69 Å². The van der Waals surface area contributed by atoms with Gasteiger partial charge in [0.25, 0.3) is 0 Å². The van der Waals surface area contributed by atoms with E-state index in [-0.39, 0.29) is 12.0 Å². The van der Waals surface area contributed by atoms with Crippen LogP contribution in [0.3, 0.4) is 0 Å². The highest BCUT2D eigenvalue weighted by atomic mass is 16.5. The number of ether oxygens (including phenoxy) is 1. The van der Waals surface area contributed by atoms with Crippen molar-refractivity contribution < 1.29 is 9.53 Å². The van der Waals surface area contributed by atoms with Crippen molar-refractivity contribution in [2.75, 3.05) is 13.2 Å². The minimum absolute atomic E-state index is 0.106. The molecule has 0 saturated heterocycles. The number of carbonyl (C=O) groups is 1. The smallest absolute Gasteiger partial charge is 0.323 e. The summed E-state index contributed by atoms with van der Waals surface area (Å²) in [7, 11) is 0. The molecule has 0 fully saturated rings. The molecule has 1 aromatic rings. The summed E-state index contributed by atoms with van der Waals surface area (Å²) >= 11 is 0. The quantitative estimate of drug-likeness (QED) is 0.615. The molecule has 0 radical (unpaired) electrons. The zero-order valence-electron chi connectivity index (χ0n) is 11.6. The average Bonchev–Trinajstić information content (AvgIpc) is 2.42. The molecule has 3 nitrogen and oxygen atoms in total. The Morgan fingerprint density at radius 2 is 2.11 bits per heavy atom. The first-order chi connectivity index (χ1) is 9.20. The van der Waals surface area contributed by atoms with E-state index in [9.17, 15) is 4.79 Å². The molecule has 3 heteroatoms. The van der Waals surface area contributed by atoms with Crippen LogP contribution in [-0.2, 0) is 16.1 Å². The van der Waals surface area contributed by atoms with Gasteiger partial charge in [-0.05, 0) is 25.8 Å². The van der Waals surface area contributed by atoms with Crippen LogP contribution < -0.4 is 0 Å². The standard InChI is InChI=1S/C16H21NO2/c1-3-19-16(18)15-11-13(2)9-10-17(15)12-14-7-5-4-6-8-14/h4-9,15H,3,10-12H2,1-2H3. The Morgan fingerprint density at radius 3 is 2.79 bits per heavy atom. The van der Waals surface area contributed by atoms with Crippen molar-refractivity contribution >= 4 is 5.97 Å². The first kappa shape index (κ1) is 13.8. The Morgan fingerprint density at radius 1 is 1.37 bits per heavy atom. The molecule has 0 spiro atoms. The number of rotatable bonds is 4. The average molecular weight is 259 g/mol. The maximum Gasteiger partial charge on any atom is 0.323 e. The van der Waals surface area contributed by atoms with E-state index in [2.05, 4.69) is 30.0 Å². The van der Waals surface area contributed by atoms with E-state index in [0.29, 0.717) is 6.61 Å². The van der Waals surface area contributed by atoms with Crippen LogP contribution in [0.2, 0.25) is 0 Å². The van der Waals surface area contributed by atoms with Crippen LogP contribution in [0, 0.1) is 0 Å². The molecular weight excluding hydrogens is 238 g/mol. The molecule has 0 saturated carbocycles. The summed E-state index contributed by atoms with van der Waals surface area (Å²) in [5.74, 6) is -0.106. The fraction of sp³-hybridized carbons (Fsp3) is 0.438. The van der Waals surface area contributed by atoms with Gasteiger partial charge in [-0.1, -0.05) is 42.0 Å². The number of benzene rings is 1. The van der Waals surface area contributed by atoms with E-state index in [0.717, 1.165) is 19.5 Å². The second-order valence-electron chi connectivity index (χ2n) is 4.94. The lowest BCUT2D eigenvalue weighted by Gasteiger charge is -2.33. The monoisotopic (exact) mass is 259 g/mol. The van der Waals surface area contributed by atoms with Gasteiger partial charge in [-0.15, -0.1) is 0 Å². The molecular formula is C16H21NO2. The Kier molecular flexibility index (Phi) is 4.74. The van der Waals surface area contributed by atoms with Gasteiger partial charge in [0.15, 0.2) is 0 Å². The predicted molar refractivity (Wildman–Crippen MR) is 75.6 cm³/mol. The largest absolute Gasteiger partial charge is 0.465 e. The van der Waals surface area contributed by atoms with E-state index in [1.165, 1.54) is 11.1 Å². The molecule has 0 bridgehead atoms. The van der Waals surface area contributed by atoms with Crippen LogP contribution >= 0.6 is 0 Å². The van der Waals surface area contributed by atoms with Gasteiger partial charge in [0, 0.05) is 13.1 Å². The molecule has 1 heterocycles. The molecule has 1 aliphatic heterocycles. The molecule has 1 aromatic carbocycles. The van der Waals surface area contributed by atoms with Crippen LogP contribution in [-0.4, -0.2) is 30.1 Å². The lowest BCUT2D eigenvalue weighted by Crippen LogP contribution is -2.44. The molecule has 1 aliphatic rings. The van der Waals surface area contributed by atoms with Gasteiger partial charge >= 0.3 is 5.97 Å². The Bertz CT molecular complexity index is 453. The van der Waals surface area contributed by atoms with Gasteiger partial charge in [-0.2, -0.15) is 0 Å². The Hall–Kier alpha value is -1.61. The molecule has 0 aromatic heterocycles. The van der Waals surface area contributed by atoms with Crippen molar-refractivity contribution in [3.8, 4) is 0 Å². The van der Waals surface area contributed by atoms with Crippen molar-refractivity contribution in [2.24, 2.45) is 0 Å². The molecule has 1 atom stereocenters. The maximum absolute atomic E-state index is 12.1. The SMILES string of the molecule is CCOC(=O)C1CC(C)=CCN1Cc1ccccc1. The lowest BCUT2D eigenvalue weighted by molar-refractivity contribution is -0.149. The van der Waals surface area contributed by atoms with Crippen LogP contribution in [0.25, 0.3) is 0 Å². The Balaban J connectivity index is 2.10. The van der Waals surface area contributed by atoms with Crippen LogP contribution in [0.4, 0.5) is 0 Å². The third-order valence-electron chi connectivity index (χ3n) is 3.42. The second kappa shape index (κ2) is 6.53. The third-order valence-corrected chi connectivity index (χ3v) is 3.42. The van der Waals surface area contributed by atoms with Crippen molar-refractivity contribution in [3.05, 3.63) is 47.5 Å². The fourth-order valence-corrected chi connectivity index (χ4v) is 2.38. The topological polar surface area (TPSA) is 29.5 Å². The van der Waals surface area contributed by atoms with E-state index in [1.807, 2.05) is 25.1 Å². The van der Waals surface area contributed by atoms with Crippen molar-refractivity contribution in [1.29, 1.82) is 0 Å². The third kappa shape index (κ3) is 3.67. The summed E-state index contributed by atoms with van der Waals surface area (Å²) in [5, 5.41) is 0. The van der Waals surface area contributed by atoms with Crippen LogP contribution in [0.1, 0.15) is 25.8 Å². The maximum atomic E-state index is 12.1. The molecule has 1 unspecified atom stereocenters. The summed E-state index contributed by atoms with van der Waals surface area (Å²) in [5.41, 5.74) is 2.49. The number of carbonyl (C=O) groups excluding carboxylic acids is 1. The van der Waals surface area contributed by atoms with Gasteiger partial charge in [0.2, 0.25) is 0 Å². The lowest BCUT2D eigenvalue weighted by atomic mass is 10.0. The minimum atomic E-state index is -0.148. The van der Waals surface area contributed by atoms with E-state index < -0.39 is 0 Å². The van der Waals surface area contributed by atoms with Gasteiger partial charge in [0.1, 0.15) is 6.04 Å². The van der Waals surface area contributed by atoms with Gasteiger partial charge in [0.05, 0.1) is 6.61 Å². The summed E-state index contributed by atoms with van der Waals surface area (Å²) < 4.78 is 5.19. The predicted octanol–water partition coefficient (Wildman–Crippen LogP) is 2.77. The van der Waals surface area contributed by atoms with Crippen molar-refractivity contribution in [3.63, 3.8) is 0 Å². The van der Waals surface area contributed by atoms with Crippen LogP contribution in [0.5, 0.6) is 0 Å². The van der Waals surface area contributed by atoms with Crippen molar-refractivity contribution in [2.45, 2.75) is 32.9 Å². The molecule has 0 N–H and O–H groups in total. The zero-order chi connectivity index (χ0) is 13.7. The summed E-state index contributed by atoms with van der Waals surface area (Å²) in [6.07, 6.45) is 2.96. The van der Waals surface area contributed by atoms with Gasteiger partial charge in [-0.25, -0.2) is 0 Å². The zero-order valence-corrected chi connectivity index (χ0v) is 11.6. The minimum Gasteiger partial charge on any atom is -0.465 e. The highest BCUT2D eigenvalue weighted by Gasteiger charge is 2.29. The molecule has 0 aliphatic carbocycles. The van der Waals surface area contributed by atoms with Crippen molar-refractivity contribution in [1.82, 2.24) is 4.90 Å². The fourth-order valence-electron chi connectivity index (χ4n) is 2.38. The molecule has 19 heavy (non-hydrogen) atoms. The summed E-state index contributed by atoms with van der Waals surface area (Å²) in [6.45, 7) is 5.96. The van der Waals surface area contributed by atoms with E-state index in [4.69, 9.17) is 4.74 Å². The second-order valence-corrected chi connectivity index (χ2v) is 4.94. The Labute approximate surface area is 114 Å². The van der Waals surface area contributed by atoms with E-state index >= 15 is 0 Å². The number of esters is 1. The highest BCUT2D eigenvalue weighted by Crippen LogP contribution is 2.21. The number of hydrogen-bond acceptors (Lipinski definition) is 3. The number of nitrogens with zero attached hydrogens (tertiary/aromatic N) is 1. The molecule has 2 rings (SSSR count). The normalized spacial score (nSPS) is 19.9. The highest BCUT2D eigenvalue weighted by molar-refractivity contribution is 5.76. The van der Waals surface area contributed by atoms with E-state index in [1.54, 1.807) is 0 Å². The first-order valence-corrected chi connectivity index (χ1v) is 6.81. The molecule has 102 valence electrons. The van der Waals surface area contributed by atoms with Crippen LogP contribution in [0.15, 0.2) is 42.0 Å². The van der Waals surface area contributed by atoms with Gasteiger partial charge < -0.3 is 4.74 Å². The summed E-state index contributed by atoms with van der Waals surface area (Å²) in [4.78, 5) is 14.2. The summed E-state index contributed by atoms with van der Waals surface area (Å²) in [6, 6.07) is 10.1. The number of hydrogen-bond donors (Lipinski definition) is 0. The molecule has 0 amide bonds. The first-order valence-electron chi connectivity index (χ1n) is 6.81.